The molecule has 4 aliphatic rings. The molecule has 1 spiro atoms. The predicted molar refractivity (Wildman–Crippen MR) is 105 cm³/mol. The van der Waals surface area contributed by atoms with E-state index >= 15 is 0 Å². The van der Waals surface area contributed by atoms with Crippen molar-refractivity contribution in [2.75, 3.05) is 53.0 Å². The van der Waals surface area contributed by atoms with E-state index in [2.05, 4.69) is 20.5 Å². The zero-order chi connectivity index (χ0) is 18.9. The maximum Gasteiger partial charge on any atom is 0.191 e. The first-order chi connectivity index (χ1) is 13.0. The number of hydrogen-bond donors (Lipinski definition) is 3. The van der Waals surface area contributed by atoms with Crippen LogP contribution in [-0.4, -0.2) is 86.8 Å². The lowest BCUT2D eigenvalue weighted by atomic mass is 9.54. The minimum Gasteiger partial charge on any atom is -0.387 e. The van der Waals surface area contributed by atoms with Crippen molar-refractivity contribution in [2.45, 2.75) is 56.8 Å². The van der Waals surface area contributed by atoms with Gasteiger partial charge in [0.1, 0.15) is 0 Å². The number of guanidine groups is 1. The molecule has 4 atom stereocenters. The van der Waals surface area contributed by atoms with Gasteiger partial charge in [-0.1, -0.05) is 12.8 Å². The lowest BCUT2D eigenvalue weighted by Crippen LogP contribution is -2.69. The molecule has 7 heteroatoms. The molecular weight excluding hydrogens is 344 g/mol. The van der Waals surface area contributed by atoms with Crippen LogP contribution >= 0.6 is 0 Å². The highest BCUT2D eigenvalue weighted by molar-refractivity contribution is 5.80. The average molecular weight is 381 g/mol. The number of nitrogens with one attached hydrogen (secondary N) is 2. The Morgan fingerprint density at radius 3 is 2.70 bits per heavy atom. The number of β-amino-alcohol motifs (C(OH)–C–C–N with tert-alkyl or cyclic N) is 1. The molecule has 2 heterocycles. The first-order valence-electron chi connectivity index (χ1n) is 10.7. The second-order valence-electron chi connectivity index (χ2n) is 9.12. The summed E-state index contributed by atoms with van der Waals surface area (Å²) in [6.07, 6.45) is 6.74. The fourth-order valence-corrected chi connectivity index (χ4v) is 5.82. The summed E-state index contributed by atoms with van der Waals surface area (Å²) in [6.45, 7) is 7.19. The average Bonchev–Trinajstić information content (AvgIpc) is 3.31. The smallest absolute Gasteiger partial charge is 0.191 e. The van der Waals surface area contributed by atoms with Gasteiger partial charge in [0.2, 0.25) is 0 Å². The Hall–Kier alpha value is -0.890. The van der Waals surface area contributed by atoms with E-state index in [-0.39, 0.29) is 0 Å². The number of aliphatic imine (C=N–C) groups is 1. The van der Waals surface area contributed by atoms with Crippen LogP contribution in [0.15, 0.2) is 4.99 Å². The SMILES string of the molecule is CN=C(NCC(C)(O)CN1CCOCC1)NC1C2CCOC2C12CCCC2. The topological polar surface area (TPSA) is 78.4 Å². The van der Waals surface area contributed by atoms with Gasteiger partial charge in [-0.05, 0) is 26.2 Å². The van der Waals surface area contributed by atoms with Gasteiger partial charge >= 0.3 is 0 Å². The van der Waals surface area contributed by atoms with E-state index in [0.29, 0.717) is 36.6 Å². The Labute approximate surface area is 162 Å². The molecular formula is C20H36N4O3. The zero-order valence-corrected chi connectivity index (χ0v) is 16.9. The third-order valence-corrected chi connectivity index (χ3v) is 7.11. The van der Waals surface area contributed by atoms with Gasteiger partial charge in [-0.3, -0.25) is 9.89 Å². The van der Waals surface area contributed by atoms with E-state index in [0.717, 1.165) is 45.3 Å². The third-order valence-electron chi connectivity index (χ3n) is 7.11. The van der Waals surface area contributed by atoms with Crippen LogP contribution in [0.3, 0.4) is 0 Å². The fraction of sp³-hybridized carbons (Fsp3) is 0.950. The van der Waals surface area contributed by atoms with E-state index in [4.69, 9.17) is 9.47 Å². The lowest BCUT2D eigenvalue weighted by molar-refractivity contribution is -0.125. The van der Waals surface area contributed by atoms with Crippen LogP contribution in [-0.2, 0) is 9.47 Å². The van der Waals surface area contributed by atoms with Gasteiger partial charge < -0.3 is 25.2 Å². The number of aliphatic hydroxyl groups is 1. The summed E-state index contributed by atoms with van der Waals surface area (Å²) in [5.41, 5.74) is -0.506. The van der Waals surface area contributed by atoms with Gasteiger partial charge in [-0.2, -0.15) is 0 Å². The van der Waals surface area contributed by atoms with Crippen molar-refractivity contribution in [1.82, 2.24) is 15.5 Å². The zero-order valence-electron chi connectivity index (χ0n) is 16.9. The van der Waals surface area contributed by atoms with Crippen molar-refractivity contribution in [2.24, 2.45) is 16.3 Å². The Kier molecular flexibility index (Phi) is 5.65. The highest BCUT2D eigenvalue weighted by atomic mass is 16.5. The monoisotopic (exact) mass is 380 g/mol. The minimum atomic E-state index is -0.807. The minimum absolute atomic E-state index is 0.301. The molecule has 2 saturated heterocycles. The van der Waals surface area contributed by atoms with Crippen molar-refractivity contribution in [3.05, 3.63) is 0 Å². The molecule has 0 aromatic rings. The van der Waals surface area contributed by atoms with E-state index in [1.165, 1.54) is 25.7 Å². The van der Waals surface area contributed by atoms with Crippen LogP contribution in [0, 0.1) is 11.3 Å². The standard InChI is InChI=1S/C20H36N4O3/c1-19(25,14-24-8-11-26-12-9-24)13-22-18(21-2)23-16-15-5-10-27-17(15)20(16)6-3-4-7-20/h15-17,25H,3-14H2,1-2H3,(H2,21,22,23). The van der Waals surface area contributed by atoms with Gasteiger partial charge in [0, 0.05) is 57.2 Å². The van der Waals surface area contributed by atoms with Gasteiger partial charge in [0.05, 0.1) is 24.9 Å². The molecule has 3 N–H and O–H groups in total. The summed E-state index contributed by atoms with van der Waals surface area (Å²) < 4.78 is 11.5. The molecule has 0 radical (unpaired) electrons. The number of fused-ring (bicyclic) bond motifs is 2. The maximum absolute atomic E-state index is 10.8. The van der Waals surface area contributed by atoms with Crippen LogP contribution < -0.4 is 10.6 Å². The largest absolute Gasteiger partial charge is 0.387 e. The van der Waals surface area contributed by atoms with Gasteiger partial charge in [-0.15, -0.1) is 0 Å². The van der Waals surface area contributed by atoms with Crippen molar-refractivity contribution >= 4 is 5.96 Å². The normalized spacial score (nSPS) is 35.5. The van der Waals surface area contributed by atoms with Gasteiger partial charge in [-0.25, -0.2) is 0 Å². The molecule has 154 valence electrons. The molecule has 27 heavy (non-hydrogen) atoms. The summed E-state index contributed by atoms with van der Waals surface area (Å²) in [6, 6.07) is 0.447. The molecule has 0 aromatic carbocycles. The predicted octanol–water partition coefficient (Wildman–Crippen LogP) is 0.582. The van der Waals surface area contributed by atoms with Gasteiger partial charge in [0.15, 0.2) is 5.96 Å². The van der Waals surface area contributed by atoms with Crippen LogP contribution in [0.5, 0.6) is 0 Å². The molecule has 7 nitrogen and oxygen atoms in total. The van der Waals surface area contributed by atoms with Crippen LogP contribution in [0.1, 0.15) is 39.0 Å². The third kappa shape index (κ3) is 3.84. The summed E-state index contributed by atoms with van der Waals surface area (Å²) in [5.74, 6) is 1.41. The van der Waals surface area contributed by atoms with Crippen LogP contribution in [0.2, 0.25) is 0 Å². The van der Waals surface area contributed by atoms with Crippen LogP contribution in [0.4, 0.5) is 0 Å². The van der Waals surface area contributed by atoms with Crippen molar-refractivity contribution in [3.63, 3.8) is 0 Å². The molecule has 4 rings (SSSR count). The molecule has 0 amide bonds. The highest BCUT2D eigenvalue weighted by Gasteiger charge is 2.65. The molecule has 4 fully saturated rings. The molecule has 2 saturated carbocycles. The second kappa shape index (κ2) is 7.85. The number of rotatable bonds is 5. The summed E-state index contributed by atoms with van der Waals surface area (Å²) in [4.78, 5) is 6.70. The maximum atomic E-state index is 10.8. The van der Waals surface area contributed by atoms with E-state index in [9.17, 15) is 5.11 Å². The Morgan fingerprint density at radius 2 is 2.00 bits per heavy atom. The van der Waals surface area contributed by atoms with E-state index in [1.807, 2.05) is 14.0 Å². The summed E-state index contributed by atoms with van der Waals surface area (Å²) >= 11 is 0. The number of nitrogens with zero attached hydrogens (tertiary/aromatic N) is 2. The van der Waals surface area contributed by atoms with E-state index in [1.54, 1.807) is 0 Å². The highest BCUT2D eigenvalue weighted by Crippen LogP contribution is 2.60. The van der Waals surface area contributed by atoms with E-state index < -0.39 is 5.60 Å². The summed E-state index contributed by atoms with van der Waals surface area (Å²) in [5, 5.41) is 17.9. The van der Waals surface area contributed by atoms with Gasteiger partial charge in [0.25, 0.3) is 0 Å². The van der Waals surface area contributed by atoms with Crippen molar-refractivity contribution in [1.29, 1.82) is 0 Å². The van der Waals surface area contributed by atoms with Crippen molar-refractivity contribution < 1.29 is 14.6 Å². The molecule has 2 aliphatic carbocycles. The Bertz CT molecular complexity index is 541. The summed E-state index contributed by atoms with van der Waals surface area (Å²) in [7, 11) is 1.81. The first kappa shape index (κ1) is 19.4. The fourth-order valence-electron chi connectivity index (χ4n) is 5.82. The lowest BCUT2D eigenvalue weighted by Gasteiger charge is -2.57. The van der Waals surface area contributed by atoms with Crippen LogP contribution in [0.25, 0.3) is 0 Å². The Morgan fingerprint density at radius 1 is 1.26 bits per heavy atom. The second-order valence-corrected chi connectivity index (χ2v) is 9.12. The number of hydrogen-bond acceptors (Lipinski definition) is 5. The molecule has 4 unspecified atom stereocenters. The number of morpholine rings is 1. The Balaban J connectivity index is 1.31. The molecule has 0 bridgehead atoms. The molecule has 0 aromatic heterocycles. The first-order valence-corrected chi connectivity index (χ1v) is 10.7. The number of ether oxygens (including phenoxy) is 2. The van der Waals surface area contributed by atoms with Crippen molar-refractivity contribution in [3.8, 4) is 0 Å². The quantitative estimate of drug-likeness (QED) is 0.478. The molecule has 2 aliphatic heterocycles.